The fourth-order valence-corrected chi connectivity index (χ4v) is 2.80. The first-order chi connectivity index (χ1) is 11.5. The highest BCUT2D eigenvalue weighted by Gasteiger charge is 2.08. The standard InChI is InChI=1S/C22H26N2/c1-17(2)23-13-9-21(10-14-23)19-5-7-20(8-6-19)22-11-15-24(16-12-22)18(3)4/h5-18H,1-4H3/q+2. The molecular weight excluding hydrogens is 292 g/mol. The highest BCUT2D eigenvalue weighted by atomic mass is 15.0. The number of benzene rings is 1. The fourth-order valence-electron chi connectivity index (χ4n) is 2.80. The van der Waals surface area contributed by atoms with Gasteiger partial charge in [0.15, 0.2) is 36.9 Å². The lowest BCUT2D eigenvalue weighted by Gasteiger charge is -2.06. The third-order valence-electron chi connectivity index (χ3n) is 4.45. The maximum absolute atomic E-state index is 2.21. The van der Waals surface area contributed by atoms with E-state index < -0.39 is 0 Å². The number of hydrogen-bond acceptors (Lipinski definition) is 0. The van der Waals surface area contributed by atoms with Crippen molar-refractivity contribution < 1.29 is 9.13 Å². The van der Waals surface area contributed by atoms with Gasteiger partial charge in [0.2, 0.25) is 0 Å². The van der Waals surface area contributed by atoms with Crippen LogP contribution in [0.25, 0.3) is 22.3 Å². The van der Waals surface area contributed by atoms with Crippen molar-refractivity contribution in [1.29, 1.82) is 0 Å². The van der Waals surface area contributed by atoms with Gasteiger partial charge in [-0.05, 0) is 49.9 Å². The molecule has 0 N–H and O–H groups in total. The van der Waals surface area contributed by atoms with E-state index in [9.17, 15) is 0 Å². The molecule has 0 fully saturated rings. The summed E-state index contributed by atoms with van der Waals surface area (Å²) in [6, 6.07) is 18.5. The summed E-state index contributed by atoms with van der Waals surface area (Å²) < 4.78 is 4.43. The number of nitrogens with zero attached hydrogens (tertiary/aromatic N) is 2. The second-order valence-electron chi connectivity index (χ2n) is 6.83. The summed E-state index contributed by atoms with van der Waals surface area (Å²) in [6.45, 7) is 8.77. The predicted molar refractivity (Wildman–Crippen MR) is 98.5 cm³/mol. The average molecular weight is 318 g/mol. The monoisotopic (exact) mass is 318 g/mol. The van der Waals surface area contributed by atoms with Crippen molar-refractivity contribution in [2.75, 3.05) is 0 Å². The van der Waals surface area contributed by atoms with Crippen molar-refractivity contribution in [2.24, 2.45) is 0 Å². The Bertz CT molecular complexity index is 712. The molecule has 3 aromatic rings. The van der Waals surface area contributed by atoms with Gasteiger partial charge < -0.3 is 0 Å². The minimum Gasteiger partial charge on any atom is -0.203 e. The van der Waals surface area contributed by atoms with Crippen molar-refractivity contribution in [1.82, 2.24) is 0 Å². The lowest BCUT2D eigenvalue weighted by Crippen LogP contribution is -2.34. The first-order valence-electron chi connectivity index (χ1n) is 8.67. The van der Waals surface area contributed by atoms with E-state index in [0.29, 0.717) is 12.1 Å². The lowest BCUT2D eigenvalue weighted by molar-refractivity contribution is -0.716. The smallest absolute Gasteiger partial charge is 0.169 e. The summed E-state index contributed by atoms with van der Waals surface area (Å²) in [5.74, 6) is 0. The molecule has 122 valence electrons. The van der Waals surface area contributed by atoms with Crippen LogP contribution in [0.2, 0.25) is 0 Å². The average Bonchev–Trinajstić information content (AvgIpc) is 2.62. The molecule has 0 amide bonds. The summed E-state index contributed by atoms with van der Waals surface area (Å²) in [5.41, 5.74) is 5.01. The second kappa shape index (κ2) is 6.96. The van der Waals surface area contributed by atoms with Crippen molar-refractivity contribution in [2.45, 2.75) is 39.8 Å². The second-order valence-corrected chi connectivity index (χ2v) is 6.83. The van der Waals surface area contributed by atoms with Gasteiger partial charge in [-0.15, -0.1) is 0 Å². The van der Waals surface area contributed by atoms with Gasteiger partial charge in [0.05, 0.1) is 0 Å². The molecule has 0 saturated heterocycles. The SMILES string of the molecule is CC(C)[n+]1ccc(-c2ccc(-c3cc[n+](C(C)C)cc3)cc2)cc1. The number of rotatable bonds is 4. The van der Waals surface area contributed by atoms with Crippen molar-refractivity contribution in [3.05, 3.63) is 73.3 Å². The number of pyridine rings is 2. The molecular formula is C22H26N2+2. The van der Waals surface area contributed by atoms with E-state index in [1.54, 1.807) is 0 Å². The first-order valence-corrected chi connectivity index (χ1v) is 8.67. The normalized spacial score (nSPS) is 11.2. The molecule has 1 aromatic carbocycles. The molecule has 0 aliphatic rings. The molecule has 2 aromatic heterocycles. The van der Waals surface area contributed by atoms with Crippen LogP contribution in [-0.4, -0.2) is 0 Å². The summed E-state index contributed by atoms with van der Waals surface area (Å²) in [5, 5.41) is 0. The molecule has 2 nitrogen and oxygen atoms in total. The number of aromatic nitrogens is 2. The van der Waals surface area contributed by atoms with Gasteiger partial charge in [0, 0.05) is 24.3 Å². The van der Waals surface area contributed by atoms with Crippen LogP contribution in [0.5, 0.6) is 0 Å². The van der Waals surface area contributed by atoms with E-state index in [4.69, 9.17) is 0 Å². The predicted octanol–water partition coefficient (Wildman–Crippen LogP) is 4.76. The maximum atomic E-state index is 2.21. The third-order valence-corrected chi connectivity index (χ3v) is 4.45. The van der Waals surface area contributed by atoms with E-state index in [0.717, 1.165) is 0 Å². The Kier molecular flexibility index (Phi) is 4.75. The highest BCUT2D eigenvalue weighted by Crippen LogP contribution is 2.24. The molecule has 0 atom stereocenters. The fraction of sp³-hybridized carbons (Fsp3) is 0.273. The molecule has 0 bridgehead atoms. The molecule has 2 heteroatoms. The Morgan fingerprint density at radius 3 is 0.958 bits per heavy atom. The molecule has 3 rings (SSSR count). The molecule has 0 unspecified atom stereocenters. The van der Waals surface area contributed by atoms with Crippen molar-refractivity contribution in [3.8, 4) is 22.3 Å². The number of hydrogen-bond donors (Lipinski definition) is 0. The minimum absolute atomic E-state index is 0.494. The van der Waals surface area contributed by atoms with Crippen LogP contribution in [0.15, 0.2) is 73.3 Å². The third kappa shape index (κ3) is 3.53. The lowest BCUT2D eigenvalue weighted by atomic mass is 10.0. The molecule has 0 radical (unpaired) electrons. The topological polar surface area (TPSA) is 7.76 Å². The Morgan fingerprint density at radius 2 is 0.708 bits per heavy atom. The minimum atomic E-state index is 0.494. The molecule has 0 spiro atoms. The van der Waals surface area contributed by atoms with Gasteiger partial charge in [0.1, 0.15) is 0 Å². The van der Waals surface area contributed by atoms with E-state index in [1.165, 1.54) is 22.3 Å². The Labute approximate surface area is 145 Å². The Hall–Kier alpha value is -2.48. The summed E-state index contributed by atoms with van der Waals surface area (Å²) >= 11 is 0. The van der Waals surface area contributed by atoms with Crippen LogP contribution in [0.3, 0.4) is 0 Å². The van der Waals surface area contributed by atoms with Crippen LogP contribution in [0, 0.1) is 0 Å². The van der Waals surface area contributed by atoms with Crippen LogP contribution in [-0.2, 0) is 0 Å². The van der Waals surface area contributed by atoms with Crippen LogP contribution in [0.4, 0.5) is 0 Å². The van der Waals surface area contributed by atoms with Gasteiger partial charge >= 0.3 is 0 Å². The van der Waals surface area contributed by atoms with E-state index in [2.05, 4.69) is 110 Å². The van der Waals surface area contributed by atoms with Crippen LogP contribution < -0.4 is 9.13 Å². The molecule has 0 aliphatic carbocycles. The van der Waals surface area contributed by atoms with Crippen LogP contribution >= 0.6 is 0 Å². The maximum Gasteiger partial charge on any atom is 0.169 e. The molecule has 0 saturated carbocycles. The largest absolute Gasteiger partial charge is 0.203 e. The molecule has 2 heterocycles. The van der Waals surface area contributed by atoms with E-state index in [-0.39, 0.29) is 0 Å². The van der Waals surface area contributed by atoms with Gasteiger partial charge in [-0.2, -0.15) is 0 Å². The summed E-state index contributed by atoms with van der Waals surface area (Å²) in [6.07, 6.45) is 8.59. The zero-order valence-electron chi connectivity index (χ0n) is 15.0. The van der Waals surface area contributed by atoms with E-state index in [1.807, 2.05) is 0 Å². The van der Waals surface area contributed by atoms with Gasteiger partial charge in [-0.25, -0.2) is 9.13 Å². The molecule has 24 heavy (non-hydrogen) atoms. The van der Waals surface area contributed by atoms with Gasteiger partial charge in [0.25, 0.3) is 0 Å². The Balaban J connectivity index is 1.82. The quantitative estimate of drug-likeness (QED) is 0.613. The summed E-state index contributed by atoms with van der Waals surface area (Å²) in [7, 11) is 0. The van der Waals surface area contributed by atoms with Crippen LogP contribution in [0.1, 0.15) is 39.8 Å². The molecule has 0 aliphatic heterocycles. The zero-order valence-corrected chi connectivity index (χ0v) is 15.0. The van der Waals surface area contributed by atoms with Crippen molar-refractivity contribution >= 4 is 0 Å². The summed E-state index contributed by atoms with van der Waals surface area (Å²) in [4.78, 5) is 0. The van der Waals surface area contributed by atoms with Crippen molar-refractivity contribution in [3.63, 3.8) is 0 Å². The van der Waals surface area contributed by atoms with Gasteiger partial charge in [-0.3, -0.25) is 0 Å². The highest BCUT2D eigenvalue weighted by molar-refractivity contribution is 5.69. The van der Waals surface area contributed by atoms with E-state index >= 15 is 0 Å². The first kappa shape index (κ1) is 16.4. The van der Waals surface area contributed by atoms with Gasteiger partial charge in [-0.1, -0.05) is 24.3 Å². The zero-order chi connectivity index (χ0) is 17.1. The Morgan fingerprint density at radius 1 is 0.458 bits per heavy atom.